The molecule has 1 atom stereocenters. The fourth-order valence-corrected chi connectivity index (χ4v) is 3.99. The molecule has 1 amide bonds. The summed E-state index contributed by atoms with van der Waals surface area (Å²) in [7, 11) is 0. The van der Waals surface area contributed by atoms with Gasteiger partial charge in [-0.1, -0.05) is 6.07 Å². The molecule has 4 nitrogen and oxygen atoms in total. The van der Waals surface area contributed by atoms with E-state index in [4.69, 9.17) is 4.74 Å². The molecule has 0 N–H and O–H groups in total. The van der Waals surface area contributed by atoms with E-state index < -0.39 is 0 Å². The van der Waals surface area contributed by atoms with Crippen molar-refractivity contribution in [3.63, 3.8) is 0 Å². The molecule has 128 valence electrons. The summed E-state index contributed by atoms with van der Waals surface area (Å²) >= 11 is 1.69. The summed E-state index contributed by atoms with van der Waals surface area (Å²) in [5, 5.41) is 3.17. The van der Waals surface area contributed by atoms with Crippen LogP contribution in [0.5, 0.6) is 0 Å². The molecule has 0 unspecified atom stereocenters. The lowest BCUT2D eigenvalue weighted by Crippen LogP contribution is -2.37. The van der Waals surface area contributed by atoms with E-state index in [-0.39, 0.29) is 12.0 Å². The zero-order valence-corrected chi connectivity index (χ0v) is 14.7. The van der Waals surface area contributed by atoms with Crippen molar-refractivity contribution in [1.82, 2.24) is 9.88 Å². The van der Waals surface area contributed by atoms with E-state index in [1.54, 1.807) is 17.5 Å². The number of fused-ring (bicyclic) bond motifs is 1. The minimum absolute atomic E-state index is 0.0363. The predicted molar refractivity (Wildman–Crippen MR) is 99.8 cm³/mol. The normalized spacial score (nSPS) is 17.0. The SMILES string of the molecule is O=C(c1ccc2sccc2c1)N(Cc1ccccn1)C[C@@H]1CCCO1. The molecule has 1 aliphatic rings. The standard InChI is InChI=1S/C20H20N2O2S/c23-20(16-6-7-19-15(12-16)8-11-25-19)22(14-18-5-3-10-24-18)13-17-4-1-2-9-21-17/h1-2,4,6-9,11-12,18H,3,5,10,13-14H2/t18-/m0/s1. The lowest BCUT2D eigenvalue weighted by molar-refractivity contribution is 0.0504. The molecule has 4 rings (SSSR count). The van der Waals surface area contributed by atoms with Crippen molar-refractivity contribution in [3.05, 3.63) is 65.3 Å². The minimum atomic E-state index is 0.0363. The summed E-state index contributed by atoms with van der Waals surface area (Å²) < 4.78 is 6.95. The molecule has 1 fully saturated rings. The fourth-order valence-electron chi connectivity index (χ4n) is 3.22. The number of nitrogens with zero attached hydrogens (tertiary/aromatic N) is 2. The van der Waals surface area contributed by atoms with E-state index in [0.29, 0.717) is 13.1 Å². The van der Waals surface area contributed by atoms with Gasteiger partial charge in [0.15, 0.2) is 0 Å². The average Bonchev–Trinajstić information content (AvgIpc) is 3.32. The molecule has 3 heterocycles. The number of aromatic nitrogens is 1. The second kappa shape index (κ2) is 7.33. The first kappa shape index (κ1) is 16.2. The van der Waals surface area contributed by atoms with Gasteiger partial charge in [-0.25, -0.2) is 0 Å². The Bertz CT molecular complexity index is 856. The topological polar surface area (TPSA) is 42.4 Å². The maximum absolute atomic E-state index is 13.1. The van der Waals surface area contributed by atoms with E-state index in [9.17, 15) is 4.79 Å². The van der Waals surface area contributed by atoms with Crippen LogP contribution in [0.15, 0.2) is 54.0 Å². The molecule has 3 aromatic rings. The van der Waals surface area contributed by atoms with Crippen molar-refractivity contribution in [2.24, 2.45) is 0 Å². The first-order valence-corrected chi connectivity index (χ1v) is 9.45. The van der Waals surface area contributed by atoms with Crippen molar-refractivity contribution >= 4 is 27.3 Å². The van der Waals surface area contributed by atoms with Gasteiger partial charge in [0.2, 0.25) is 0 Å². The van der Waals surface area contributed by atoms with E-state index in [1.165, 1.54) is 4.70 Å². The number of amides is 1. The van der Waals surface area contributed by atoms with Crippen molar-refractivity contribution in [3.8, 4) is 0 Å². The smallest absolute Gasteiger partial charge is 0.254 e. The van der Waals surface area contributed by atoms with E-state index in [2.05, 4.69) is 16.4 Å². The van der Waals surface area contributed by atoms with E-state index in [0.717, 1.165) is 36.1 Å². The van der Waals surface area contributed by atoms with Crippen LogP contribution in [-0.4, -0.2) is 35.0 Å². The van der Waals surface area contributed by atoms with Crippen LogP contribution >= 0.6 is 11.3 Å². The molecule has 5 heteroatoms. The Morgan fingerprint density at radius 1 is 1.28 bits per heavy atom. The van der Waals surface area contributed by atoms with Gasteiger partial charge in [-0.3, -0.25) is 9.78 Å². The summed E-state index contributed by atoms with van der Waals surface area (Å²) in [4.78, 5) is 19.4. The number of hydrogen-bond acceptors (Lipinski definition) is 4. The highest BCUT2D eigenvalue weighted by molar-refractivity contribution is 7.17. The highest BCUT2D eigenvalue weighted by Crippen LogP contribution is 2.23. The van der Waals surface area contributed by atoms with Crippen LogP contribution in [0.3, 0.4) is 0 Å². The average molecular weight is 352 g/mol. The van der Waals surface area contributed by atoms with Crippen LogP contribution in [0.25, 0.3) is 10.1 Å². The molecular weight excluding hydrogens is 332 g/mol. The summed E-state index contributed by atoms with van der Waals surface area (Å²) in [6, 6.07) is 13.8. The molecule has 0 saturated carbocycles. The number of rotatable bonds is 5. The fraction of sp³-hybridized carbons (Fsp3) is 0.300. The maximum atomic E-state index is 13.1. The van der Waals surface area contributed by atoms with Crippen LogP contribution in [0.1, 0.15) is 28.9 Å². The van der Waals surface area contributed by atoms with Crippen molar-refractivity contribution in [2.45, 2.75) is 25.5 Å². The van der Waals surface area contributed by atoms with Crippen molar-refractivity contribution < 1.29 is 9.53 Å². The summed E-state index contributed by atoms with van der Waals surface area (Å²) in [5.74, 6) is 0.0363. The first-order valence-electron chi connectivity index (χ1n) is 8.57. The Hall–Kier alpha value is -2.24. The number of thiophene rings is 1. The summed E-state index contributed by atoms with van der Waals surface area (Å²) in [6.07, 6.45) is 3.96. The monoisotopic (exact) mass is 352 g/mol. The van der Waals surface area contributed by atoms with Gasteiger partial charge in [-0.05, 0) is 60.0 Å². The molecule has 0 aliphatic carbocycles. The number of carbonyl (C=O) groups is 1. The van der Waals surface area contributed by atoms with Crippen LogP contribution < -0.4 is 0 Å². The Kier molecular flexibility index (Phi) is 4.76. The van der Waals surface area contributed by atoms with Gasteiger partial charge in [0.25, 0.3) is 5.91 Å². The van der Waals surface area contributed by atoms with Gasteiger partial charge in [-0.15, -0.1) is 11.3 Å². The highest BCUT2D eigenvalue weighted by atomic mass is 32.1. The van der Waals surface area contributed by atoms with Crippen LogP contribution in [0, 0.1) is 0 Å². The molecule has 1 aromatic carbocycles. The Morgan fingerprint density at radius 3 is 3.04 bits per heavy atom. The third-order valence-electron chi connectivity index (χ3n) is 4.51. The minimum Gasteiger partial charge on any atom is -0.376 e. The Morgan fingerprint density at radius 2 is 2.24 bits per heavy atom. The van der Waals surface area contributed by atoms with Crippen molar-refractivity contribution in [1.29, 1.82) is 0 Å². The maximum Gasteiger partial charge on any atom is 0.254 e. The number of carbonyl (C=O) groups excluding carboxylic acids is 1. The molecule has 0 radical (unpaired) electrons. The van der Waals surface area contributed by atoms with Crippen LogP contribution in [0.2, 0.25) is 0 Å². The van der Waals surface area contributed by atoms with Gasteiger partial charge >= 0.3 is 0 Å². The molecule has 0 bridgehead atoms. The van der Waals surface area contributed by atoms with Crippen molar-refractivity contribution in [2.75, 3.05) is 13.2 Å². The number of benzene rings is 1. The lowest BCUT2D eigenvalue weighted by atomic mass is 10.1. The first-order chi connectivity index (χ1) is 12.3. The third-order valence-corrected chi connectivity index (χ3v) is 5.41. The van der Waals surface area contributed by atoms with Gasteiger partial charge in [0, 0.05) is 29.6 Å². The van der Waals surface area contributed by atoms with Gasteiger partial charge in [0.05, 0.1) is 18.3 Å². The number of ether oxygens (including phenoxy) is 1. The van der Waals surface area contributed by atoms with Crippen LogP contribution in [0.4, 0.5) is 0 Å². The molecule has 1 saturated heterocycles. The molecule has 25 heavy (non-hydrogen) atoms. The number of pyridine rings is 1. The predicted octanol–water partition coefficient (Wildman–Crippen LogP) is 4.12. The highest BCUT2D eigenvalue weighted by Gasteiger charge is 2.24. The molecule has 2 aromatic heterocycles. The largest absolute Gasteiger partial charge is 0.376 e. The van der Waals surface area contributed by atoms with Crippen LogP contribution in [-0.2, 0) is 11.3 Å². The number of hydrogen-bond donors (Lipinski definition) is 0. The third kappa shape index (κ3) is 3.72. The molecular formula is C20H20N2O2S. The quantitative estimate of drug-likeness (QED) is 0.694. The van der Waals surface area contributed by atoms with E-state index in [1.807, 2.05) is 41.3 Å². The Labute approximate surface area is 151 Å². The second-order valence-electron chi connectivity index (χ2n) is 6.31. The lowest BCUT2D eigenvalue weighted by Gasteiger charge is -2.25. The summed E-state index contributed by atoms with van der Waals surface area (Å²) in [6.45, 7) is 1.90. The Balaban J connectivity index is 1.59. The second-order valence-corrected chi connectivity index (χ2v) is 7.26. The van der Waals surface area contributed by atoms with Gasteiger partial charge < -0.3 is 9.64 Å². The van der Waals surface area contributed by atoms with Gasteiger partial charge in [0.1, 0.15) is 0 Å². The summed E-state index contributed by atoms with van der Waals surface area (Å²) in [5.41, 5.74) is 1.62. The zero-order chi connectivity index (χ0) is 17.1. The molecule has 1 aliphatic heterocycles. The molecule has 0 spiro atoms. The zero-order valence-electron chi connectivity index (χ0n) is 13.9. The van der Waals surface area contributed by atoms with E-state index >= 15 is 0 Å². The van der Waals surface area contributed by atoms with Gasteiger partial charge in [-0.2, -0.15) is 0 Å².